The number of aliphatic hydroxyl groups is 1. The molecule has 3 aliphatic heterocycles. The van der Waals surface area contributed by atoms with Crippen LogP contribution in [0.3, 0.4) is 0 Å². The Labute approximate surface area is 194 Å². The quantitative estimate of drug-likeness (QED) is 0.535. The molecule has 33 heavy (non-hydrogen) atoms. The van der Waals surface area contributed by atoms with E-state index in [1.165, 1.54) is 4.90 Å². The molecule has 0 radical (unpaired) electrons. The SMILES string of the molecule is CCN(CC)c1ccc(NC(=O)C2N([C@H](C)CO)C(=O)[C@@H]3[C@@H](C(=O)NC)[C@H]4CCC23O4)cc1. The normalized spacial score (nSPS) is 30.8. The van der Waals surface area contributed by atoms with Gasteiger partial charge in [-0.05, 0) is 57.9 Å². The van der Waals surface area contributed by atoms with Gasteiger partial charge < -0.3 is 30.3 Å². The Morgan fingerprint density at radius 3 is 2.48 bits per heavy atom. The smallest absolute Gasteiger partial charge is 0.250 e. The van der Waals surface area contributed by atoms with Crippen LogP contribution >= 0.6 is 0 Å². The molecule has 9 nitrogen and oxygen atoms in total. The number of hydrogen-bond acceptors (Lipinski definition) is 6. The van der Waals surface area contributed by atoms with Crippen molar-refractivity contribution in [1.29, 1.82) is 0 Å². The van der Waals surface area contributed by atoms with Crippen molar-refractivity contribution in [3.63, 3.8) is 0 Å². The molecular formula is C24H34N4O5. The molecule has 3 N–H and O–H groups in total. The summed E-state index contributed by atoms with van der Waals surface area (Å²) in [6.07, 6.45) is 0.759. The Morgan fingerprint density at radius 2 is 1.91 bits per heavy atom. The van der Waals surface area contributed by atoms with E-state index in [2.05, 4.69) is 29.4 Å². The summed E-state index contributed by atoms with van der Waals surface area (Å²) >= 11 is 0. The number of amides is 3. The summed E-state index contributed by atoms with van der Waals surface area (Å²) in [6.45, 7) is 7.36. The molecule has 3 heterocycles. The molecule has 6 atom stereocenters. The van der Waals surface area contributed by atoms with Crippen molar-refractivity contribution in [2.75, 3.05) is 37.0 Å². The Balaban J connectivity index is 1.64. The Bertz CT molecular complexity index is 918. The monoisotopic (exact) mass is 458 g/mol. The van der Waals surface area contributed by atoms with Gasteiger partial charge >= 0.3 is 0 Å². The predicted octanol–water partition coefficient (Wildman–Crippen LogP) is 0.973. The number of nitrogens with zero attached hydrogens (tertiary/aromatic N) is 2. The van der Waals surface area contributed by atoms with E-state index >= 15 is 0 Å². The molecule has 180 valence electrons. The van der Waals surface area contributed by atoms with Crippen LogP contribution in [0, 0.1) is 11.8 Å². The lowest BCUT2D eigenvalue weighted by Gasteiger charge is -2.35. The summed E-state index contributed by atoms with van der Waals surface area (Å²) in [5.41, 5.74) is 0.623. The van der Waals surface area contributed by atoms with E-state index in [0.717, 1.165) is 18.8 Å². The van der Waals surface area contributed by atoms with Gasteiger partial charge in [-0.3, -0.25) is 14.4 Å². The number of nitrogens with one attached hydrogen (secondary N) is 2. The number of benzene rings is 1. The number of carbonyl (C=O) groups is 3. The minimum atomic E-state index is -1.06. The van der Waals surface area contributed by atoms with Gasteiger partial charge in [0.2, 0.25) is 17.7 Å². The van der Waals surface area contributed by atoms with Crippen LogP contribution < -0.4 is 15.5 Å². The van der Waals surface area contributed by atoms with E-state index in [-0.39, 0.29) is 30.4 Å². The molecule has 1 spiro atoms. The maximum absolute atomic E-state index is 13.6. The average Bonchev–Trinajstić information content (AvgIpc) is 3.47. The third kappa shape index (κ3) is 3.58. The molecule has 3 saturated heterocycles. The Kier molecular flexibility index (Phi) is 6.37. The number of ether oxygens (including phenoxy) is 1. The Hall–Kier alpha value is -2.65. The van der Waals surface area contributed by atoms with Gasteiger partial charge in [-0.15, -0.1) is 0 Å². The number of carbonyl (C=O) groups excluding carboxylic acids is 3. The number of hydrogen-bond donors (Lipinski definition) is 3. The zero-order valence-electron chi connectivity index (χ0n) is 19.7. The zero-order valence-corrected chi connectivity index (χ0v) is 19.7. The van der Waals surface area contributed by atoms with Gasteiger partial charge in [0, 0.05) is 31.5 Å². The molecule has 1 aromatic rings. The van der Waals surface area contributed by atoms with E-state index in [0.29, 0.717) is 18.5 Å². The molecule has 3 amide bonds. The first-order valence-corrected chi connectivity index (χ1v) is 11.8. The highest BCUT2D eigenvalue weighted by Crippen LogP contribution is 2.58. The molecule has 2 bridgehead atoms. The first-order valence-electron chi connectivity index (χ1n) is 11.8. The number of rotatable bonds is 8. The van der Waals surface area contributed by atoms with Crippen LogP contribution in [0.2, 0.25) is 0 Å². The Morgan fingerprint density at radius 1 is 1.24 bits per heavy atom. The molecule has 0 saturated carbocycles. The van der Waals surface area contributed by atoms with Gasteiger partial charge in [0.1, 0.15) is 11.6 Å². The molecule has 0 aliphatic carbocycles. The van der Waals surface area contributed by atoms with Crippen molar-refractivity contribution in [1.82, 2.24) is 10.2 Å². The van der Waals surface area contributed by atoms with Crippen LogP contribution in [0.5, 0.6) is 0 Å². The van der Waals surface area contributed by atoms with E-state index in [1.807, 2.05) is 24.3 Å². The van der Waals surface area contributed by atoms with E-state index in [9.17, 15) is 19.5 Å². The van der Waals surface area contributed by atoms with Crippen molar-refractivity contribution in [2.24, 2.45) is 11.8 Å². The average molecular weight is 459 g/mol. The standard InChI is InChI=1S/C24H34N4O5/c1-5-27(6-2)16-9-7-15(8-10-16)26-22(31)20-24-12-11-17(33-24)18(21(30)25-4)19(24)23(32)28(20)14(3)13-29/h7-10,14,17-20,29H,5-6,11-13H2,1-4H3,(H,25,30)(H,26,31)/t14-,17-,18+,19+,20?,24?/m1/s1. The number of fused-ring (bicyclic) bond motifs is 1. The van der Waals surface area contributed by atoms with Gasteiger partial charge in [0.25, 0.3) is 0 Å². The summed E-state index contributed by atoms with van der Waals surface area (Å²) in [6, 6.07) is 6.11. The lowest BCUT2D eigenvalue weighted by molar-refractivity contribution is -0.143. The van der Waals surface area contributed by atoms with Crippen molar-refractivity contribution >= 4 is 29.1 Å². The fourth-order valence-corrected chi connectivity index (χ4v) is 5.97. The summed E-state index contributed by atoms with van der Waals surface area (Å²) in [7, 11) is 1.54. The number of anilines is 2. The third-order valence-corrected chi connectivity index (χ3v) is 7.54. The fraction of sp³-hybridized carbons (Fsp3) is 0.625. The molecule has 0 aromatic heterocycles. The third-order valence-electron chi connectivity index (χ3n) is 7.54. The van der Waals surface area contributed by atoms with Crippen LogP contribution in [0.1, 0.15) is 33.6 Å². The lowest BCUT2D eigenvalue weighted by atomic mass is 9.70. The van der Waals surface area contributed by atoms with Gasteiger partial charge in [0.15, 0.2) is 0 Å². The molecule has 3 fully saturated rings. The molecule has 4 rings (SSSR count). The van der Waals surface area contributed by atoms with Crippen LogP contribution in [-0.2, 0) is 19.1 Å². The van der Waals surface area contributed by atoms with Crippen molar-refractivity contribution in [3.05, 3.63) is 24.3 Å². The topological polar surface area (TPSA) is 111 Å². The summed E-state index contributed by atoms with van der Waals surface area (Å²) < 4.78 is 6.29. The minimum absolute atomic E-state index is 0.246. The van der Waals surface area contributed by atoms with Gasteiger partial charge in [-0.1, -0.05) is 0 Å². The molecule has 1 aromatic carbocycles. The van der Waals surface area contributed by atoms with Crippen molar-refractivity contribution < 1.29 is 24.2 Å². The summed E-state index contributed by atoms with van der Waals surface area (Å²) in [5.74, 6) is -2.27. The summed E-state index contributed by atoms with van der Waals surface area (Å²) in [4.78, 5) is 43.4. The zero-order chi connectivity index (χ0) is 23.9. The van der Waals surface area contributed by atoms with Gasteiger partial charge in [-0.25, -0.2) is 0 Å². The maximum atomic E-state index is 13.6. The molecule has 2 unspecified atom stereocenters. The fourth-order valence-electron chi connectivity index (χ4n) is 5.97. The van der Waals surface area contributed by atoms with Crippen LogP contribution in [0.15, 0.2) is 24.3 Å². The second-order valence-corrected chi connectivity index (χ2v) is 9.16. The van der Waals surface area contributed by atoms with Crippen molar-refractivity contribution in [3.8, 4) is 0 Å². The highest BCUT2D eigenvalue weighted by molar-refractivity contribution is 6.03. The maximum Gasteiger partial charge on any atom is 0.250 e. The lowest BCUT2D eigenvalue weighted by Crippen LogP contribution is -2.55. The van der Waals surface area contributed by atoms with Gasteiger partial charge in [-0.2, -0.15) is 0 Å². The first-order chi connectivity index (χ1) is 15.8. The molecule has 3 aliphatic rings. The number of aliphatic hydroxyl groups excluding tert-OH is 1. The number of likely N-dealkylation sites (tertiary alicyclic amines) is 1. The second kappa shape index (κ2) is 8.95. The summed E-state index contributed by atoms with van der Waals surface area (Å²) in [5, 5.41) is 15.4. The van der Waals surface area contributed by atoms with E-state index in [4.69, 9.17) is 4.74 Å². The predicted molar refractivity (Wildman–Crippen MR) is 124 cm³/mol. The van der Waals surface area contributed by atoms with Gasteiger partial charge in [0.05, 0.1) is 30.6 Å². The van der Waals surface area contributed by atoms with Crippen LogP contribution in [-0.4, -0.2) is 78.3 Å². The van der Waals surface area contributed by atoms with E-state index in [1.54, 1.807) is 14.0 Å². The largest absolute Gasteiger partial charge is 0.394 e. The first kappa shape index (κ1) is 23.5. The minimum Gasteiger partial charge on any atom is -0.394 e. The highest BCUT2D eigenvalue weighted by atomic mass is 16.5. The highest BCUT2D eigenvalue weighted by Gasteiger charge is 2.74. The molecular weight excluding hydrogens is 424 g/mol. The van der Waals surface area contributed by atoms with Crippen LogP contribution in [0.4, 0.5) is 11.4 Å². The van der Waals surface area contributed by atoms with Crippen molar-refractivity contribution in [2.45, 2.75) is 57.4 Å². The van der Waals surface area contributed by atoms with E-state index < -0.39 is 29.5 Å². The second-order valence-electron chi connectivity index (χ2n) is 9.16. The molecule has 9 heteroatoms. The van der Waals surface area contributed by atoms with Crippen LogP contribution in [0.25, 0.3) is 0 Å².